The molecule has 1 aromatic heterocycles. The molecule has 0 saturated heterocycles. The third-order valence-corrected chi connectivity index (χ3v) is 6.90. The lowest BCUT2D eigenvalue weighted by molar-refractivity contribution is -0.144. The Bertz CT molecular complexity index is 1230. The van der Waals surface area contributed by atoms with Crippen LogP contribution in [0.4, 0.5) is 0 Å². The second-order valence-electron chi connectivity index (χ2n) is 9.12. The number of carbonyl (C=O) groups is 2. The van der Waals surface area contributed by atoms with Gasteiger partial charge in [0.25, 0.3) is 0 Å². The van der Waals surface area contributed by atoms with Crippen LogP contribution in [0.15, 0.2) is 56.7 Å². The number of hydrogen-bond donors (Lipinski definition) is 1. The predicted molar refractivity (Wildman–Crippen MR) is 120 cm³/mol. The second kappa shape index (κ2) is 8.08. The first-order valence-electron chi connectivity index (χ1n) is 11.4. The van der Waals surface area contributed by atoms with Crippen LogP contribution in [0.1, 0.15) is 62.5 Å². The van der Waals surface area contributed by atoms with Gasteiger partial charge in [-0.15, -0.1) is 0 Å². The number of benzene rings is 1. The van der Waals surface area contributed by atoms with E-state index in [2.05, 4.69) is 5.32 Å². The first kappa shape index (κ1) is 20.7. The van der Waals surface area contributed by atoms with Crippen LogP contribution in [-0.4, -0.2) is 17.9 Å². The van der Waals surface area contributed by atoms with Gasteiger partial charge in [0.1, 0.15) is 17.5 Å². The molecule has 1 saturated carbocycles. The van der Waals surface area contributed by atoms with Crippen molar-refractivity contribution < 1.29 is 18.7 Å². The first-order valence-corrected chi connectivity index (χ1v) is 11.4. The molecular weight excluding hydrogens is 406 g/mol. The highest BCUT2D eigenvalue weighted by Gasteiger charge is 2.45. The standard InChI is InChI=1S/C26H27NO5/c1-14-10-11-21-17(12-14)25(29)18(13-31-21)23-22(26(30)32-16-6-3-4-7-16)15(2)27-19-8-5-9-20(28)24(19)23/h8,10-13,16,23-24,27H,3-7,9H2,1-2H3. The van der Waals surface area contributed by atoms with Gasteiger partial charge >= 0.3 is 5.97 Å². The molecule has 5 rings (SSSR count). The SMILES string of the molecule is CC1=C(C(=O)OC2CCCC2)C(c2coc3ccc(C)cc3c2=O)C2C(=O)CCC=C2N1. The highest BCUT2D eigenvalue weighted by molar-refractivity contribution is 5.96. The summed E-state index contributed by atoms with van der Waals surface area (Å²) >= 11 is 0. The summed E-state index contributed by atoms with van der Waals surface area (Å²) in [6, 6.07) is 5.44. The minimum Gasteiger partial charge on any atom is -0.464 e. The van der Waals surface area contributed by atoms with Gasteiger partial charge in [-0.2, -0.15) is 0 Å². The Morgan fingerprint density at radius 1 is 1.12 bits per heavy atom. The molecule has 0 bridgehead atoms. The summed E-state index contributed by atoms with van der Waals surface area (Å²) in [6.45, 7) is 3.72. The zero-order chi connectivity index (χ0) is 22.4. The Balaban J connectivity index is 1.67. The number of allylic oxidation sites excluding steroid dienone is 3. The summed E-state index contributed by atoms with van der Waals surface area (Å²) in [7, 11) is 0. The van der Waals surface area contributed by atoms with Crippen molar-refractivity contribution in [2.24, 2.45) is 5.92 Å². The number of ether oxygens (including phenoxy) is 1. The van der Waals surface area contributed by atoms with E-state index in [1.807, 2.05) is 19.1 Å². The number of aryl methyl sites for hydroxylation is 1. The van der Waals surface area contributed by atoms with Crippen molar-refractivity contribution in [2.45, 2.75) is 64.4 Å². The van der Waals surface area contributed by atoms with E-state index in [4.69, 9.17) is 9.15 Å². The van der Waals surface area contributed by atoms with Crippen LogP contribution >= 0.6 is 0 Å². The summed E-state index contributed by atoms with van der Waals surface area (Å²) < 4.78 is 11.7. The van der Waals surface area contributed by atoms with Crippen molar-refractivity contribution in [1.82, 2.24) is 5.32 Å². The number of esters is 1. The van der Waals surface area contributed by atoms with E-state index in [0.29, 0.717) is 40.6 Å². The van der Waals surface area contributed by atoms with Gasteiger partial charge in [-0.05, 0) is 58.1 Å². The summed E-state index contributed by atoms with van der Waals surface area (Å²) in [4.78, 5) is 40.0. The Kier molecular flexibility index (Phi) is 5.24. The van der Waals surface area contributed by atoms with Gasteiger partial charge < -0.3 is 14.5 Å². The minimum absolute atomic E-state index is 0.0161. The molecule has 32 heavy (non-hydrogen) atoms. The van der Waals surface area contributed by atoms with Crippen LogP contribution in [0.2, 0.25) is 0 Å². The maximum atomic E-state index is 13.6. The van der Waals surface area contributed by atoms with E-state index in [0.717, 1.165) is 36.9 Å². The molecule has 1 fully saturated rings. The van der Waals surface area contributed by atoms with Crippen LogP contribution < -0.4 is 10.7 Å². The van der Waals surface area contributed by atoms with Crippen molar-refractivity contribution in [3.05, 3.63) is 68.9 Å². The maximum absolute atomic E-state index is 13.6. The summed E-state index contributed by atoms with van der Waals surface area (Å²) in [5, 5.41) is 3.71. The van der Waals surface area contributed by atoms with Crippen LogP contribution in [0.3, 0.4) is 0 Å². The van der Waals surface area contributed by atoms with E-state index < -0.39 is 17.8 Å². The molecule has 2 heterocycles. The van der Waals surface area contributed by atoms with Gasteiger partial charge in [0.15, 0.2) is 5.43 Å². The van der Waals surface area contributed by atoms with Crippen molar-refractivity contribution in [3.63, 3.8) is 0 Å². The third kappa shape index (κ3) is 3.48. The van der Waals surface area contributed by atoms with Gasteiger partial charge in [-0.3, -0.25) is 9.59 Å². The van der Waals surface area contributed by atoms with Gasteiger partial charge in [0.05, 0.1) is 23.1 Å². The normalized spacial score (nSPS) is 23.7. The fraction of sp³-hybridized carbons (Fsp3) is 0.423. The molecule has 2 aliphatic carbocycles. The highest BCUT2D eigenvalue weighted by atomic mass is 16.5. The van der Waals surface area contributed by atoms with Crippen LogP contribution in [0, 0.1) is 12.8 Å². The lowest BCUT2D eigenvalue weighted by atomic mass is 9.71. The monoisotopic (exact) mass is 433 g/mol. The van der Waals surface area contributed by atoms with Crippen molar-refractivity contribution >= 4 is 22.7 Å². The number of carbonyl (C=O) groups excluding carboxylic acids is 2. The second-order valence-corrected chi connectivity index (χ2v) is 9.12. The van der Waals surface area contributed by atoms with Gasteiger partial charge in [0.2, 0.25) is 0 Å². The molecule has 0 radical (unpaired) electrons. The highest BCUT2D eigenvalue weighted by Crippen LogP contribution is 2.43. The van der Waals surface area contributed by atoms with E-state index >= 15 is 0 Å². The van der Waals surface area contributed by atoms with Crippen LogP contribution in [0.5, 0.6) is 0 Å². The van der Waals surface area contributed by atoms with Gasteiger partial charge in [-0.1, -0.05) is 17.7 Å². The average molecular weight is 434 g/mol. The number of fused-ring (bicyclic) bond motifs is 2. The summed E-state index contributed by atoms with van der Waals surface area (Å²) in [6.07, 6.45) is 8.11. The largest absolute Gasteiger partial charge is 0.464 e. The first-order chi connectivity index (χ1) is 15.4. The number of hydrogen-bond acceptors (Lipinski definition) is 6. The molecule has 166 valence electrons. The molecule has 2 aromatic rings. The molecule has 0 spiro atoms. The third-order valence-electron chi connectivity index (χ3n) is 6.90. The van der Waals surface area contributed by atoms with E-state index in [1.54, 1.807) is 19.1 Å². The fourth-order valence-corrected chi connectivity index (χ4v) is 5.31. The molecule has 6 heteroatoms. The number of Topliss-reactive ketones (excluding diaryl/α,β-unsaturated/α-hetero) is 1. The molecule has 1 N–H and O–H groups in total. The quantitative estimate of drug-likeness (QED) is 0.722. The number of nitrogens with one attached hydrogen (secondary N) is 1. The van der Waals surface area contributed by atoms with Gasteiger partial charge in [-0.25, -0.2) is 4.79 Å². The van der Waals surface area contributed by atoms with E-state index in [1.165, 1.54) is 6.26 Å². The molecule has 3 aliphatic rings. The van der Waals surface area contributed by atoms with E-state index in [-0.39, 0.29) is 17.3 Å². The Morgan fingerprint density at radius 3 is 2.69 bits per heavy atom. The fourth-order valence-electron chi connectivity index (χ4n) is 5.31. The van der Waals surface area contributed by atoms with Gasteiger partial charge in [0, 0.05) is 29.3 Å². The zero-order valence-electron chi connectivity index (χ0n) is 18.4. The zero-order valence-corrected chi connectivity index (χ0v) is 18.4. The Hall–Kier alpha value is -3.15. The molecule has 6 nitrogen and oxygen atoms in total. The minimum atomic E-state index is -0.731. The van der Waals surface area contributed by atoms with Crippen LogP contribution in [0.25, 0.3) is 11.0 Å². The maximum Gasteiger partial charge on any atom is 0.336 e. The Labute approximate surface area is 186 Å². The molecule has 1 aliphatic heterocycles. The number of rotatable bonds is 3. The van der Waals surface area contributed by atoms with Crippen molar-refractivity contribution in [3.8, 4) is 0 Å². The summed E-state index contributed by atoms with van der Waals surface area (Å²) in [5.41, 5.74) is 3.28. The lowest BCUT2D eigenvalue weighted by Crippen LogP contribution is -2.42. The van der Waals surface area contributed by atoms with Crippen molar-refractivity contribution in [1.29, 1.82) is 0 Å². The summed E-state index contributed by atoms with van der Waals surface area (Å²) in [5.74, 6) is -1.79. The molecule has 0 amide bonds. The average Bonchev–Trinajstić information content (AvgIpc) is 3.26. The topological polar surface area (TPSA) is 85.6 Å². The molecular formula is C26H27NO5. The molecule has 1 aromatic carbocycles. The Morgan fingerprint density at radius 2 is 1.91 bits per heavy atom. The predicted octanol–water partition coefficient (Wildman–Crippen LogP) is 4.41. The lowest BCUT2D eigenvalue weighted by Gasteiger charge is -2.37. The van der Waals surface area contributed by atoms with Crippen LogP contribution in [-0.2, 0) is 14.3 Å². The van der Waals surface area contributed by atoms with E-state index in [9.17, 15) is 14.4 Å². The van der Waals surface area contributed by atoms with Crippen molar-refractivity contribution in [2.75, 3.05) is 0 Å². The smallest absolute Gasteiger partial charge is 0.336 e. The molecule has 2 unspecified atom stereocenters. The molecule has 2 atom stereocenters. The number of ketones is 1.